The van der Waals surface area contributed by atoms with E-state index < -0.39 is 5.82 Å². The Morgan fingerprint density at radius 3 is 2.80 bits per heavy atom. The second kappa shape index (κ2) is 8.36. The minimum atomic E-state index is -0.483. The standard InChI is InChI=1S/C18H17ClFN3OS/c1-13(14-5-3-2-4-6-14)23-12-21-22-18(23)25-10-9-24-15-7-8-16(19)17(20)11-15/h2-8,11-13H,9-10H2,1H3. The van der Waals surface area contributed by atoms with Crippen molar-refractivity contribution in [3.8, 4) is 5.75 Å². The highest BCUT2D eigenvalue weighted by atomic mass is 35.5. The van der Waals surface area contributed by atoms with Crippen molar-refractivity contribution < 1.29 is 9.13 Å². The van der Waals surface area contributed by atoms with Crippen LogP contribution in [-0.2, 0) is 0 Å². The van der Waals surface area contributed by atoms with Gasteiger partial charge in [0.1, 0.15) is 17.9 Å². The number of benzene rings is 2. The molecule has 1 unspecified atom stereocenters. The molecule has 0 saturated heterocycles. The van der Waals surface area contributed by atoms with Crippen LogP contribution in [0, 0.1) is 5.82 Å². The molecule has 4 nitrogen and oxygen atoms in total. The Morgan fingerprint density at radius 2 is 2.04 bits per heavy atom. The van der Waals surface area contributed by atoms with Crippen molar-refractivity contribution in [3.05, 3.63) is 71.3 Å². The Kier molecular flexibility index (Phi) is 5.94. The molecule has 0 fully saturated rings. The highest BCUT2D eigenvalue weighted by Gasteiger charge is 2.13. The van der Waals surface area contributed by atoms with Gasteiger partial charge in [0.05, 0.1) is 17.7 Å². The van der Waals surface area contributed by atoms with Gasteiger partial charge >= 0.3 is 0 Å². The number of rotatable bonds is 7. The molecule has 7 heteroatoms. The van der Waals surface area contributed by atoms with Gasteiger partial charge in [0.25, 0.3) is 0 Å². The van der Waals surface area contributed by atoms with E-state index in [9.17, 15) is 4.39 Å². The predicted octanol–water partition coefficient (Wildman–Crippen LogP) is 4.85. The summed E-state index contributed by atoms with van der Waals surface area (Å²) in [6.45, 7) is 2.54. The SMILES string of the molecule is CC(c1ccccc1)n1cnnc1SCCOc1ccc(Cl)c(F)c1. The third kappa shape index (κ3) is 4.52. The minimum absolute atomic E-state index is 0.0877. The lowest BCUT2D eigenvalue weighted by molar-refractivity contribution is 0.341. The van der Waals surface area contributed by atoms with Gasteiger partial charge in [-0.25, -0.2) is 4.39 Å². The van der Waals surface area contributed by atoms with Crippen molar-refractivity contribution in [3.63, 3.8) is 0 Å². The molecule has 1 aromatic heterocycles. The minimum Gasteiger partial charge on any atom is -0.493 e. The highest BCUT2D eigenvalue weighted by molar-refractivity contribution is 7.99. The Bertz CT molecular complexity index is 828. The molecule has 2 aromatic carbocycles. The van der Waals surface area contributed by atoms with Crippen LogP contribution < -0.4 is 4.74 Å². The first-order valence-corrected chi connectivity index (χ1v) is 9.16. The molecule has 0 amide bonds. The zero-order valence-electron chi connectivity index (χ0n) is 13.6. The van der Waals surface area contributed by atoms with Gasteiger partial charge in [-0.1, -0.05) is 53.7 Å². The number of thioether (sulfide) groups is 1. The van der Waals surface area contributed by atoms with Crippen molar-refractivity contribution in [1.29, 1.82) is 0 Å². The van der Waals surface area contributed by atoms with Crippen molar-refractivity contribution in [2.24, 2.45) is 0 Å². The summed E-state index contributed by atoms with van der Waals surface area (Å²) < 4.78 is 21.0. The second-order valence-electron chi connectivity index (χ2n) is 5.38. The summed E-state index contributed by atoms with van der Waals surface area (Å²) >= 11 is 7.20. The molecule has 1 atom stereocenters. The van der Waals surface area contributed by atoms with Gasteiger partial charge < -0.3 is 9.30 Å². The van der Waals surface area contributed by atoms with E-state index in [1.54, 1.807) is 24.2 Å². The van der Waals surface area contributed by atoms with E-state index in [0.717, 1.165) is 5.16 Å². The number of hydrogen-bond acceptors (Lipinski definition) is 4. The van der Waals surface area contributed by atoms with Crippen molar-refractivity contribution in [2.75, 3.05) is 12.4 Å². The molecular weight excluding hydrogens is 361 g/mol. The van der Waals surface area contributed by atoms with Gasteiger partial charge in [0, 0.05) is 11.8 Å². The second-order valence-corrected chi connectivity index (χ2v) is 6.85. The van der Waals surface area contributed by atoms with Gasteiger partial charge in [0.15, 0.2) is 5.16 Å². The summed E-state index contributed by atoms with van der Waals surface area (Å²) in [6, 6.07) is 14.7. The van der Waals surface area contributed by atoms with E-state index in [1.807, 2.05) is 22.8 Å². The van der Waals surface area contributed by atoms with E-state index in [1.165, 1.54) is 17.7 Å². The lowest BCUT2D eigenvalue weighted by Gasteiger charge is -2.15. The van der Waals surface area contributed by atoms with E-state index >= 15 is 0 Å². The maximum Gasteiger partial charge on any atom is 0.191 e. The normalized spacial score (nSPS) is 12.1. The van der Waals surface area contributed by atoms with Crippen LogP contribution in [0.1, 0.15) is 18.5 Å². The van der Waals surface area contributed by atoms with Crippen LogP contribution in [0.4, 0.5) is 4.39 Å². The average molecular weight is 378 g/mol. The molecule has 0 spiro atoms. The monoisotopic (exact) mass is 377 g/mol. The zero-order chi connectivity index (χ0) is 17.6. The fourth-order valence-electron chi connectivity index (χ4n) is 2.35. The van der Waals surface area contributed by atoms with E-state index in [-0.39, 0.29) is 11.1 Å². The Hall–Kier alpha value is -2.05. The quantitative estimate of drug-likeness (QED) is 0.436. The molecule has 130 valence electrons. The van der Waals surface area contributed by atoms with Crippen LogP contribution in [0.25, 0.3) is 0 Å². The first kappa shape index (κ1) is 17.8. The van der Waals surface area contributed by atoms with Gasteiger partial charge in [-0.3, -0.25) is 0 Å². The van der Waals surface area contributed by atoms with Gasteiger partial charge in [0.2, 0.25) is 0 Å². The molecule has 0 saturated carbocycles. The van der Waals surface area contributed by atoms with Gasteiger partial charge in [-0.15, -0.1) is 10.2 Å². The third-order valence-electron chi connectivity index (χ3n) is 3.71. The van der Waals surface area contributed by atoms with E-state index in [4.69, 9.17) is 16.3 Å². The molecule has 3 aromatic rings. The summed E-state index contributed by atoms with van der Waals surface area (Å²) in [5.41, 5.74) is 1.19. The summed E-state index contributed by atoms with van der Waals surface area (Å²) in [7, 11) is 0. The molecule has 0 bridgehead atoms. The van der Waals surface area contributed by atoms with Crippen LogP contribution in [0.3, 0.4) is 0 Å². The fourth-order valence-corrected chi connectivity index (χ4v) is 3.28. The fraction of sp³-hybridized carbons (Fsp3) is 0.222. The number of aromatic nitrogens is 3. The summed E-state index contributed by atoms with van der Waals surface area (Å²) in [5.74, 6) is 0.648. The summed E-state index contributed by atoms with van der Waals surface area (Å²) in [5, 5.41) is 9.10. The average Bonchev–Trinajstić information content (AvgIpc) is 3.10. The first-order valence-electron chi connectivity index (χ1n) is 7.80. The molecule has 0 aliphatic carbocycles. The molecular formula is C18H17ClFN3OS. The van der Waals surface area contributed by atoms with Gasteiger partial charge in [-0.2, -0.15) is 0 Å². The maximum atomic E-state index is 13.4. The smallest absolute Gasteiger partial charge is 0.191 e. The lowest BCUT2D eigenvalue weighted by Crippen LogP contribution is -2.08. The molecule has 0 aliphatic heterocycles. The predicted molar refractivity (Wildman–Crippen MR) is 97.9 cm³/mol. The third-order valence-corrected chi connectivity index (χ3v) is 4.94. The van der Waals surface area contributed by atoms with Crippen LogP contribution in [0.5, 0.6) is 5.75 Å². The number of hydrogen-bond donors (Lipinski definition) is 0. The Balaban J connectivity index is 1.56. The summed E-state index contributed by atoms with van der Waals surface area (Å²) in [6.07, 6.45) is 1.73. The number of ether oxygens (including phenoxy) is 1. The highest BCUT2D eigenvalue weighted by Crippen LogP contribution is 2.24. The first-order chi connectivity index (χ1) is 12.1. The Morgan fingerprint density at radius 1 is 1.24 bits per heavy atom. The van der Waals surface area contributed by atoms with Crippen molar-refractivity contribution in [2.45, 2.75) is 18.1 Å². The van der Waals surface area contributed by atoms with Crippen molar-refractivity contribution in [1.82, 2.24) is 14.8 Å². The Labute approximate surface area is 155 Å². The largest absolute Gasteiger partial charge is 0.493 e. The summed E-state index contributed by atoms with van der Waals surface area (Å²) in [4.78, 5) is 0. The molecule has 3 rings (SSSR count). The van der Waals surface area contributed by atoms with E-state index in [2.05, 4.69) is 29.3 Å². The molecule has 0 aliphatic rings. The van der Waals surface area contributed by atoms with E-state index in [0.29, 0.717) is 18.1 Å². The van der Waals surface area contributed by atoms with Crippen LogP contribution >= 0.6 is 23.4 Å². The van der Waals surface area contributed by atoms with Crippen LogP contribution in [0.15, 0.2) is 60.0 Å². The molecule has 25 heavy (non-hydrogen) atoms. The van der Waals surface area contributed by atoms with Gasteiger partial charge in [-0.05, 0) is 24.6 Å². The topological polar surface area (TPSA) is 39.9 Å². The lowest BCUT2D eigenvalue weighted by atomic mass is 10.1. The zero-order valence-corrected chi connectivity index (χ0v) is 15.2. The van der Waals surface area contributed by atoms with Crippen LogP contribution in [0.2, 0.25) is 5.02 Å². The number of halogens is 2. The molecule has 0 radical (unpaired) electrons. The maximum absolute atomic E-state index is 13.4. The van der Waals surface area contributed by atoms with Crippen molar-refractivity contribution >= 4 is 23.4 Å². The molecule has 1 heterocycles. The molecule has 0 N–H and O–H groups in total. The van der Waals surface area contributed by atoms with Crippen LogP contribution in [-0.4, -0.2) is 27.1 Å². The number of nitrogens with zero attached hydrogens (tertiary/aromatic N) is 3.